The van der Waals surface area contributed by atoms with Gasteiger partial charge in [0.25, 0.3) is 5.91 Å². The number of aromatic nitrogens is 1. The van der Waals surface area contributed by atoms with Crippen LogP contribution < -0.4 is 0 Å². The second-order valence-electron chi connectivity index (χ2n) is 7.12. The Kier molecular flexibility index (Phi) is 5.67. The van der Waals surface area contributed by atoms with Crippen molar-refractivity contribution in [2.24, 2.45) is 5.92 Å². The summed E-state index contributed by atoms with van der Waals surface area (Å²) in [6.45, 7) is 1.24. The van der Waals surface area contributed by atoms with Crippen LogP contribution in [-0.2, 0) is 16.0 Å². The predicted molar refractivity (Wildman–Crippen MR) is 109 cm³/mol. The van der Waals surface area contributed by atoms with Crippen LogP contribution in [0.4, 0.5) is 0 Å². The van der Waals surface area contributed by atoms with E-state index in [1.807, 2.05) is 6.07 Å². The summed E-state index contributed by atoms with van der Waals surface area (Å²) in [6.07, 6.45) is 3.02. The number of ether oxygens (including phenoxy) is 1. The van der Waals surface area contributed by atoms with Gasteiger partial charge < -0.3 is 9.64 Å². The Morgan fingerprint density at radius 2 is 1.89 bits per heavy atom. The van der Waals surface area contributed by atoms with Gasteiger partial charge in [-0.25, -0.2) is 9.78 Å². The molecule has 28 heavy (non-hydrogen) atoms. The molecule has 1 amide bonds. The topological polar surface area (TPSA) is 59.5 Å². The average molecular weight is 394 g/mol. The third-order valence-electron chi connectivity index (χ3n) is 5.23. The zero-order valence-corrected chi connectivity index (χ0v) is 16.4. The predicted octanol–water partition coefficient (Wildman–Crippen LogP) is 3.93. The number of fused-ring (bicyclic) bond motifs is 1. The zero-order valence-electron chi connectivity index (χ0n) is 15.5. The van der Waals surface area contributed by atoms with Crippen molar-refractivity contribution in [3.63, 3.8) is 0 Å². The van der Waals surface area contributed by atoms with Gasteiger partial charge in [0.1, 0.15) is 0 Å². The largest absolute Gasteiger partial charge is 0.452 e. The summed E-state index contributed by atoms with van der Waals surface area (Å²) in [5, 5.41) is 0. The van der Waals surface area contributed by atoms with Crippen LogP contribution in [0.3, 0.4) is 0 Å². The summed E-state index contributed by atoms with van der Waals surface area (Å²) in [5.74, 6) is 0.00752. The minimum absolute atomic E-state index is 0.120. The average Bonchev–Trinajstić information content (AvgIpc) is 3.21. The number of benzene rings is 2. The number of hydrogen-bond acceptors (Lipinski definition) is 5. The molecular weight excluding hydrogens is 372 g/mol. The number of carbonyl (C=O) groups excluding carboxylic acids is 2. The number of likely N-dealkylation sites (tertiary alicyclic amines) is 1. The molecule has 1 aliphatic heterocycles. The van der Waals surface area contributed by atoms with Gasteiger partial charge >= 0.3 is 5.97 Å². The van der Waals surface area contributed by atoms with E-state index in [2.05, 4.69) is 29.2 Å². The van der Waals surface area contributed by atoms with Crippen LogP contribution in [0.25, 0.3) is 10.2 Å². The molecule has 0 aliphatic carbocycles. The summed E-state index contributed by atoms with van der Waals surface area (Å²) in [6, 6.07) is 15.7. The lowest BCUT2D eigenvalue weighted by molar-refractivity contribution is -0.135. The SMILES string of the molecule is O=C(OCC(=O)N1CCC(Cc2ccccc2)CC1)c1ccc2ncsc2c1. The van der Waals surface area contributed by atoms with Crippen LogP contribution >= 0.6 is 11.3 Å². The zero-order chi connectivity index (χ0) is 19.3. The van der Waals surface area contributed by atoms with Crippen LogP contribution in [-0.4, -0.2) is 41.5 Å². The van der Waals surface area contributed by atoms with E-state index in [-0.39, 0.29) is 12.5 Å². The van der Waals surface area contributed by atoms with Crippen LogP contribution in [0.15, 0.2) is 54.0 Å². The summed E-state index contributed by atoms with van der Waals surface area (Å²) in [7, 11) is 0. The Labute approximate surface area is 168 Å². The van der Waals surface area contributed by atoms with Crippen molar-refractivity contribution in [1.29, 1.82) is 0 Å². The third kappa shape index (κ3) is 4.39. The van der Waals surface area contributed by atoms with Gasteiger partial charge in [-0.2, -0.15) is 0 Å². The van der Waals surface area contributed by atoms with Crippen molar-refractivity contribution < 1.29 is 14.3 Å². The smallest absolute Gasteiger partial charge is 0.338 e. The summed E-state index contributed by atoms with van der Waals surface area (Å²) >= 11 is 1.47. The standard InChI is InChI=1S/C22H22N2O3S/c25-21(14-27-22(26)18-6-7-19-20(13-18)28-15-23-19)24-10-8-17(9-11-24)12-16-4-2-1-3-5-16/h1-7,13,15,17H,8-12,14H2. The van der Waals surface area contributed by atoms with Crippen molar-refractivity contribution in [3.8, 4) is 0 Å². The molecule has 0 atom stereocenters. The van der Waals surface area contributed by atoms with Gasteiger partial charge in [-0.3, -0.25) is 4.79 Å². The molecule has 4 rings (SSSR count). The van der Waals surface area contributed by atoms with Gasteiger partial charge in [0.2, 0.25) is 0 Å². The van der Waals surface area contributed by atoms with E-state index in [0.717, 1.165) is 42.6 Å². The highest BCUT2D eigenvalue weighted by Crippen LogP contribution is 2.22. The molecule has 1 aromatic heterocycles. The summed E-state index contributed by atoms with van der Waals surface area (Å²) in [4.78, 5) is 30.7. The van der Waals surface area contributed by atoms with Crippen molar-refractivity contribution in [2.75, 3.05) is 19.7 Å². The molecule has 0 saturated carbocycles. The fraction of sp³-hybridized carbons (Fsp3) is 0.318. The molecule has 3 aromatic rings. The van der Waals surface area contributed by atoms with Crippen molar-refractivity contribution in [3.05, 3.63) is 65.2 Å². The highest BCUT2D eigenvalue weighted by molar-refractivity contribution is 7.16. The second-order valence-corrected chi connectivity index (χ2v) is 8.01. The fourth-order valence-corrected chi connectivity index (χ4v) is 4.33. The van der Waals surface area contributed by atoms with Crippen LogP contribution in [0, 0.1) is 5.92 Å². The highest BCUT2D eigenvalue weighted by Gasteiger charge is 2.24. The molecule has 6 heteroatoms. The van der Waals surface area contributed by atoms with E-state index in [0.29, 0.717) is 11.5 Å². The molecule has 0 radical (unpaired) electrons. The Morgan fingerprint density at radius 3 is 2.68 bits per heavy atom. The Balaban J connectivity index is 1.24. The number of thiazole rings is 1. The second kappa shape index (κ2) is 8.52. The number of piperidine rings is 1. The minimum Gasteiger partial charge on any atom is -0.452 e. The van der Waals surface area contributed by atoms with E-state index in [1.165, 1.54) is 16.9 Å². The van der Waals surface area contributed by atoms with E-state index < -0.39 is 5.97 Å². The lowest BCUT2D eigenvalue weighted by Crippen LogP contribution is -2.41. The molecule has 0 unspecified atom stereocenters. The summed E-state index contributed by atoms with van der Waals surface area (Å²) in [5.41, 5.74) is 4.39. The van der Waals surface area contributed by atoms with Gasteiger partial charge in [-0.1, -0.05) is 30.3 Å². The summed E-state index contributed by atoms with van der Waals surface area (Å²) < 4.78 is 6.18. The molecule has 0 N–H and O–H groups in total. The van der Waals surface area contributed by atoms with Gasteiger partial charge in [0, 0.05) is 13.1 Å². The van der Waals surface area contributed by atoms with Gasteiger partial charge in [-0.15, -0.1) is 11.3 Å². The number of hydrogen-bond donors (Lipinski definition) is 0. The molecule has 2 aromatic carbocycles. The number of carbonyl (C=O) groups is 2. The molecule has 1 aliphatic rings. The van der Waals surface area contributed by atoms with Gasteiger partial charge in [0.15, 0.2) is 6.61 Å². The number of rotatable bonds is 5. The molecule has 144 valence electrons. The molecule has 0 spiro atoms. The monoisotopic (exact) mass is 394 g/mol. The first-order valence-electron chi connectivity index (χ1n) is 9.51. The Hall–Kier alpha value is -2.73. The van der Waals surface area contributed by atoms with E-state index in [9.17, 15) is 9.59 Å². The van der Waals surface area contributed by atoms with E-state index >= 15 is 0 Å². The normalized spacial score (nSPS) is 14.9. The van der Waals surface area contributed by atoms with Gasteiger partial charge in [0.05, 0.1) is 21.3 Å². The number of amides is 1. The first-order valence-corrected chi connectivity index (χ1v) is 10.4. The maximum absolute atomic E-state index is 12.4. The van der Waals surface area contributed by atoms with E-state index in [4.69, 9.17) is 4.74 Å². The maximum atomic E-state index is 12.4. The lowest BCUT2D eigenvalue weighted by Gasteiger charge is -2.32. The molecule has 5 nitrogen and oxygen atoms in total. The van der Waals surface area contributed by atoms with E-state index in [1.54, 1.807) is 28.6 Å². The molecule has 1 saturated heterocycles. The third-order valence-corrected chi connectivity index (χ3v) is 6.02. The Bertz CT molecular complexity index is 962. The highest BCUT2D eigenvalue weighted by atomic mass is 32.1. The first-order chi connectivity index (χ1) is 13.7. The quantitative estimate of drug-likeness (QED) is 0.615. The first kappa shape index (κ1) is 18.6. The number of nitrogens with zero attached hydrogens (tertiary/aromatic N) is 2. The molecule has 1 fully saturated rings. The molecule has 2 heterocycles. The minimum atomic E-state index is -0.470. The van der Waals surface area contributed by atoms with Crippen molar-refractivity contribution in [1.82, 2.24) is 9.88 Å². The van der Waals surface area contributed by atoms with Crippen molar-refractivity contribution >= 4 is 33.4 Å². The van der Waals surface area contributed by atoms with Crippen LogP contribution in [0.2, 0.25) is 0 Å². The van der Waals surface area contributed by atoms with Gasteiger partial charge in [-0.05, 0) is 48.9 Å². The van der Waals surface area contributed by atoms with Crippen LogP contribution in [0.5, 0.6) is 0 Å². The fourth-order valence-electron chi connectivity index (χ4n) is 3.62. The maximum Gasteiger partial charge on any atom is 0.338 e. The van der Waals surface area contributed by atoms with Crippen LogP contribution in [0.1, 0.15) is 28.8 Å². The molecule has 0 bridgehead atoms. The molecular formula is C22H22N2O3S. The number of esters is 1. The van der Waals surface area contributed by atoms with Crippen molar-refractivity contribution in [2.45, 2.75) is 19.3 Å². The Morgan fingerprint density at radius 1 is 1.11 bits per heavy atom. The lowest BCUT2D eigenvalue weighted by atomic mass is 9.90.